The van der Waals surface area contributed by atoms with E-state index in [0.717, 1.165) is 34.7 Å². The molecule has 0 unspecified atom stereocenters. The average Bonchev–Trinajstić information content (AvgIpc) is 2.30. The van der Waals surface area contributed by atoms with E-state index in [1.807, 2.05) is 12.1 Å². The summed E-state index contributed by atoms with van der Waals surface area (Å²) >= 11 is 9.68. The average molecular weight is 318 g/mol. The molecule has 0 heterocycles. The van der Waals surface area contributed by atoms with E-state index in [4.69, 9.17) is 16.3 Å². The minimum Gasteiger partial charge on any atom is -0.493 e. The Morgan fingerprint density at radius 3 is 2.71 bits per heavy atom. The Labute approximate surface area is 117 Å². The molecule has 0 saturated heterocycles. The minimum atomic E-state index is 0.367. The molecule has 1 aromatic carbocycles. The van der Waals surface area contributed by atoms with Crippen molar-refractivity contribution >= 4 is 27.5 Å². The first kappa shape index (κ1) is 13.2. The SMILES string of the molecule is CCc1cc(OCC2(CBr)CCC2)ccc1Cl. The smallest absolute Gasteiger partial charge is 0.119 e. The third kappa shape index (κ3) is 2.97. The van der Waals surface area contributed by atoms with Gasteiger partial charge in [0.1, 0.15) is 5.75 Å². The Kier molecular flexibility index (Phi) is 4.37. The molecule has 0 amide bonds. The maximum absolute atomic E-state index is 6.09. The van der Waals surface area contributed by atoms with Crippen molar-refractivity contribution in [2.24, 2.45) is 5.41 Å². The molecule has 1 aromatic rings. The van der Waals surface area contributed by atoms with Gasteiger partial charge in [0.2, 0.25) is 0 Å². The lowest BCUT2D eigenvalue weighted by Crippen LogP contribution is -2.37. The molecule has 0 aliphatic heterocycles. The highest BCUT2D eigenvalue weighted by Gasteiger charge is 2.36. The molecule has 3 heteroatoms. The Morgan fingerprint density at radius 2 is 2.18 bits per heavy atom. The van der Waals surface area contributed by atoms with Crippen molar-refractivity contribution in [2.45, 2.75) is 32.6 Å². The number of halogens is 2. The molecule has 94 valence electrons. The van der Waals surface area contributed by atoms with Crippen LogP contribution in [0.3, 0.4) is 0 Å². The fourth-order valence-corrected chi connectivity index (χ4v) is 3.12. The molecule has 1 aliphatic rings. The predicted molar refractivity (Wildman–Crippen MR) is 76.4 cm³/mol. The van der Waals surface area contributed by atoms with Crippen molar-refractivity contribution in [1.29, 1.82) is 0 Å². The zero-order valence-corrected chi connectivity index (χ0v) is 12.5. The second-order valence-corrected chi connectivity index (χ2v) is 5.85. The first-order valence-corrected chi connectivity index (χ1v) is 7.66. The van der Waals surface area contributed by atoms with Gasteiger partial charge in [0.25, 0.3) is 0 Å². The zero-order valence-electron chi connectivity index (χ0n) is 10.1. The van der Waals surface area contributed by atoms with Crippen LogP contribution in [0, 0.1) is 5.41 Å². The molecule has 0 N–H and O–H groups in total. The van der Waals surface area contributed by atoms with E-state index in [1.165, 1.54) is 19.3 Å². The van der Waals surface area contributed by atoms with Crippen molar-refractivity contribution in [3.63, 3.8) is 0 Å². The van der Waals surface area contributed by atoms with Crippen molar-refractivity contribution < 1.29 is 4.74 Å². The summed E-state index contributed by atoms with van der Waals surface area (Å²) in [5.41, 5.74) is 1.53. The van der Waals surface area contributed by atoms with Gasteiger partial charge in [0.15, 0.2) is 0 Å². The quantitative estimate of drug-likeness (QED) is 0.706. The molecule has 0 spiro atoms. The number of aryl methyl sites for hydroxylation is 1. The third-order valence-corrected chi connectivity index (χ3v) is 5.20. The van der Waals surface area contributed by atoms with Crippen LogP contribution >= 0.6 is 27.5 Å². The van der Waals surface area contributed by atoms with E-state index in [2.05, 4.69) is 28.9 Å². The summed E-state index contributed by atoms with van der Waals surface area (Å²) in [6.45, 7) is 2.92. The molecule has 2 rings (SSSR count). The maximum atomic E-state index is 6.09. The van der Waals surface area contributed by atoms with E-state index >= 15 is 0 Å². The lowest BCUT2D eigenvalue weighted by atomic mass is 9.71. The van der Waals surface area contributed by atoms with Gasteiger partial charge in [-0.25, -0.2) is 0 Å². The van der Waals surface area contributed by atoms with Gasteiger partial charge in [-0.15, -0.1) is 0 Å². The van der Waals surface area contributed by atoms with Crippen LogP contribution in [-0.4, -0.2) is 11.9 Å². The van der Waals surface area contributed by atoms with Crippen LogP contribution in [0.1, 0.15) is 31.7 Å². The molecular weight excluding hydrogens is 300 g/mol. The molecule has 1 saturated carbocycles. The number of hydrogen-bond donors (Lipinski definition) is 0. The molecule has 0 aromatic heterocycles. The first-order valence-electron chi connectivity index (χ1n) is 6.16. The summed E-state index contributed by atoms with van der Waals surface area (Å²) in [4.78, 5) is 0. The lowest BCUT2D eigenvalue weighted by molar-refractivity contribution is 0.0838. The summed E-state index contributed by atoms with van der Waals surface area (Å²) in [5.74, 6) is 0.943. The number of alkyl halides is 1. The number of ether oxygens (including phenoxy) is 1. The summed E-state index contributed by atoms with van der Waals surface area (Å²) in [6.07, 6.45) is 4.81. The second kappa shape index (κ2) is 5.62. The molecule has 0 atom stereocenters. The highest BCUT2D eigenvalue weighted by atomic mass is 79.9. The van der Waals surface area contributed by atoms with Gasteiger partial charge in [0.05, 0.1) is 6.61 Å². The summed E-state index contributed by atoms with van der Waals surface area (Å²) in [7, 11) is 0. The van der Waals surface area contributed by atoms with Gasteiger partial charge in [-0.3, -0.25) is 0 Å². The van der Waals surface area contributed by atoms with Crippen molar-refractivity contribution in [1.82, 2.24) is 0 Å². The number of rotatable bonds is 5. The van der Waals surface area contributed by atoms with Gasteiger partial charge in [0, 0.05) is 15.8 Å². The first-order chi connectivity index (χ1) is 8.19. The molecular formula is C14H18BrClO. The van der Waals surface area contributed by atoms with Gasteiger partial charge >= 0.3 is 0 Å². The fraction of sp³-hybridized carbons (Fsp3) is 0.571. The van der Waals surface area contributed by atoms with Crippen molar-refractivity contribution in [3.8, 4) is 5.75 Å². The van der Waals surface area contributed by atoms with Crippen LogP contribution in [0.25, 0.3) is 0 Å². The van der Waals surface area contributed by atoms with E-state index < -0.39 is 0 Å². The van der Waals surface area contributed by atoms with Gasteiger partial charge in [-0.1, -0.05) is 40.9 Å². The Morgan fingerprint density at radius 1 is 1.41 bits per heavy atom. The van der Waals surface area contributed by atoms with Crippen LogP contribution in [0.5, 0.6) is 5.75 Å². The molecule has 1 fully saturated rings. The van der Waals surface area contributed by atoms with Crippen molar-refractivity contribution in [2.75, 3.05) is 11.9 Å². The Bertz CT molecular complexity index is 382. The lowest BCUT2D eigenvalue weighted by Gasteiger charge is -2.40. The van der Waals surface area contributed by atoms with Crippen LogP contribution in [-0.2, 0) is 6.42 Å². The monoisotopic (exact) mass is 316 g/mol. The van der Waals surface area contributed by atoms with Crippen LogP contribution in [0.15, 0.2) is 18.2 Å². The third-order valence-electron chi connectivity index (χ3n) is 3.64. The largest absolute Gasteiger partial charge is 0.493 e. The molecule has 0 bridgehead atoms. The second-order valence-electron chi connectivity index (χ2n) is 4.88. The number of hydrogen-bond acceptors (Lipinski definition) is 1. The van der Waals surface area contributed by atoms with Crippen LogP contribution in [0.4, 0.5) is 0 Å². The molecule has 1 nitrogen and oxygen atoms in total. The van der Waals surface area contributed by atoms with Gasteiger partial charge < -0.3 is 4.74 Å². The van der Waals surface area contributed by atoms with E-state index in [-0.39, 0.29) is 0 Å². The molecule has 17 heavy (non-hydrogen) atoms. The summed E-state index contributed by atoms with van der Waals surface area (Å²) in [5, 5.41) is 1.87. The van der Waals surface area contributed by atoms with E-state index in [0.29, 0.717) is 5.41 Å². The predicted octanol–water partition coefficient (Wildman–Crippen LogP) is 4.85. The van der Waals surface area contributed by atoms with E-state index in [1.54, 1.807) is 0 Å². The van der Waals surface area contributed by atoms with Gasteiger partial charge in [-0.05, 0) is 43.0 Å². The van der Waals surface area contributed by atoms with E-state index in [9.17, 15) is 0 Å². The minimum absolute atomic E-state index is 0.367. The topological polar surface area (TPSA) is 9.23 Å². The molecule has 0 radical (unpaired) electrons. The summed E-state index contributed by atoms with van der Waals surface area (Å²) < 4.78 is 5.91. The Balaban J connectivity index is 1.99. The Hall–Kier alpha value is -0.210. The van der Waals surface area contributed by atoms with Crippen molar-refractivity contribution in [3.05, 3.63) is 28.8 Å². The van der Waals surface area contributed by atoms with Gasteiger partial charge in [-0.2, -0.15) is 0 Å². The summed E-state index contributed by atoms with van der Waals surface area (Å²) in [6, 6.07) is 5.95. The normalized spacial score (nSPS) is 17.6. The fourth-order valence-electron chi connectivity index (χ4n) is 2.14. The van der Waals surface area contributed by atoms with Crippen LogP contribution in [0.2, 0.25) is 5.02 Å². The number of benzene rings is 1. The standard InChI is InChI=1S/C14H18BrClO/c1-2-11-8-12(4-5-13(11)16)17-10-14(9-15)6-3-7-14/h4-5,8H,2-3,6-7,9-10H2,1H3. The highest BCUT2D eigenvalue weighted by molar-refractivity contribution is 9.09. The highest BCUT2D eigenvalue weighted by Crippen LogP contribution is 2.42. The zero-order chi connectivity index (χ0) is 12.3. The molecule has 1 aliphatic carbocycles. The maximum Gasteiger partial charge on any atom is 0.119 e. The van der Waals surface area contributed by atoms with Crippen LogP contribution < -0.4 is 4.74 Å².